The average molecular weight is 496 g/mol. The zero-order chi connectivity index (χ0) is 25.7. The summed E-state index contributed by atoms with van der Waals surface area (Å²) in [5.74, 6) is 1.06. The lowest BCUT2D eigenvalue weighted by atomic mass is 9.99. The van der Waals surface area contributed by atoms with Crippen LogP contribution in [-0.4, -0.2) is 61.6 Å². The van der Waals surface area contributed by atoms with Crippen LogP contribution in [0.15, 0.2) is 42.5 Å². The molecule has 1 saturated heterocycles. The number of rotatable bonds is 3. The molecule has 0 aliphatic carbocycles. The fourth-order valence-corrected chi connectivity index (χ4v) is 4.35. The van der Waals surface area contributed by atoms with Crippen LogP contribution in [-0.2, 0) is 16.1 Å². The van der Waals surface area contributed by atoms with Gasteiger partial charge in [-0.05, 0) is 41.8 Å². The van der Waals surface area contributed by atoms with Crippen molar-refractivity contribution in [3.05, 3.63) is 53.6 Å². The van der Waals surface area contributed by atoms with Crippen LogP contribution in [0, 0.1) is 5.92 Å². The highest BCUT2D eigenvalue weighted by Crippen LogP contribution is 2.29. The van der Waals surface area contributed by atoms with Crippen LogP contribution >= 0.6 is 0 Å². The minimum Gasteiger partial charge on any atom is -0.493 e. The molecular formula is C27H33N3O6. The molecule has 2 atom stereocenters. The first-order chi connectivity index (χ1) is 17.3. The summed E-state index contributed by atoms with van der Waals surface area (Å²) in [4.78, 5) is 40.2. The number of hydrogen-bond donors (Lipinski definition) is 2. The van der Waals surface area contributed by atoms with Crippen molar-refractivity contribution < 1.29 is 28.6 Å². The fourth-order valence-electron chi connectivity index (χ4n) is 4.35. The summed E-state index contributed by atoms with van der Waals surface area (Å²) in [5, 5.41) is 5.88. The maximum atomic E-state index is 13.3. The number of amides is 3. The van der Waals surface area contributed by atoms with Crippen molar-refractivity contribution in [2.75, 3.05) is 26.8 Å². The number of methoxy groups -OCH3 is 1. The molecule has 3 aliphatic heterocycles. The molecule has 9 nitrogen and oxygen atoms in total. The third-order valence-electron chi connectivity index (χ3n) is 6.29. The van der Waals surface area contributed by atoms with Gasteiger partial charge in [0.05, 0.1) is 13.2 Å². The van der Waals surface area contributed by atoms with Crippen molar-refractivity contribution in [3.63, 3.8) is 0 Å². The van der Waals surface area contributed by atoms with Gasteiger partial charge in [-0.2, -0.15) is 0 Å². The summed E-state index contributed by atoms with van der Waals surface area (Å²) in [7, 11) is 1.49. The number of fused-ring (bicyclic) bond motifs is 7. The number of piperidine rings is 1. The second-order valence-electron chi connectivity index (χ2n) is 9.54. The average Bonchev–Trinajstić information content (AvgIpc) is 2.87. The minimum atomic E-state index is -0.410. The van der Waals surface area contributed by atoms with E-state index in [0.29, 0.717) is 55.3 Å². The molecule has 2 aromatic rings. The van der Waals surface area contributed by atoms with Gasteiger partial charge in [0.15, 0.2) is 18.1 Å². The smallest absolute Gasteiger partial charge is 0.258 e. The van der Waals surface area contributed by atoms with Gasteiger partial charge in [0, 0.05) is 38.0 Å². The van der Waals surface area contributed by atoms with Crippen molar-refractivity contribution in [1.29, 1.82) is 0 Å². The Hall–Kier alpha value is -3.75. The van der Waals surface area contributed by atoms with Crippen LogP contribution in [0.4, 0.5) is 0 Å². The Bertz CT molecular complexity index is 1100. The van der Waals surface area contributed by atoms with Gasteiger partial charge in [-0.25, -0.2) is 0 Å². The van der Waals surface area contributed by atoms with E-state index in [1.54, 1.807) is 23.1 Å². The number of ether oxygens (including phenoxy) is 3. The van der Waals surface area contributed by atoms with Crippen LogP contribution in [0.3, 0.4) is 0 Å². The number of nitrogens with zero attached hydrogens (tertiary/aromatic N) is 1. The molecule has 9 heteroatoms. The van der Waals surface area contributed by atoms with Gasteiger partial charge < -0.3 is 29.7 Å². The lowest BCUT2D eigenvalue weighted by Crippen LogP contribution is -2.58. The van der Waals surface area contributed by atoms with Gasteiger partial charge >= 0.3 is 0 Å². The molecule has 3 heterocycles. The molecule has 0 radical (unpaired) electrons. The van der Waals surface area contributed by atoms with Crippen LogP contribution in [0.5, 0.6) is 17.2 Å². The van der Waals surface area contributed by atoms with E-state index >= 15 is 0 Å². The Labute approximate surface area is 211 Å². The normalized spacial score (nSPS) is 20.4. The van der Waals surface area contributed by atoms with Gasteiger partial charge in [0.1, 0.15) is 11.9 Å². The van der Waals surface area contributed by atoms with E-state index in [1.807, 2.05) is 38.1 Å². The van der Waals surface area contributed by atoms with Gasteiger partial charge in [0.2, 0.25) is 5.91 Å². The number of hydrogen-bond acceptors (Lipinski definition) is 6. The second kappa shape index (κ2) is 11.3. The monoisotopic (exact) mass is 495 g/mol. The van der Waals surface area contributed by atoms with Crippen LogP contribution in [0.25, 0.3) is 0 Å². The van der Waals surface area contributed by atoms with Gasteiger partial charge in [-0.3, -0.25) is 14.4 Å². The molecule has 192 valence electrons. The molecular weight excluding hydrogens is 462 g/mol. The van der Waals surface area contributed by atoms with E-state index in [4.69, 9.17) is 14.2 Å². The van der Waals surface area contributed by atoms with Crippen molar-refractivity contribution in [3.8, 4) is 17.2 Å². The van der Waals surface area contributed by atoms with Crippen molar-refractivity contribution in [1.82, 2.24) is 15.5 Å². The molecule has 3 aliphatic rings. The second-order valence-corrected chi connectivity index (χ2v) is 9.54. The van der Waals surface area contributed by atoms with Gasteiger partial charge in [-0.1, -0.05) is 26.0 Å². The highest BCUT2D eigenvalue weighted by molar-refractivity contribution is 5.95. The third-order valence-corrected chi connectivity index (χ3v) is 6.29. The summed E-state index contributed by atoms with van der Waals surface area (Å²) in [6, 6.07) is 11.9. The van der Waals surface area contributed by atoms with E-state index in [9.17, 15) is 14.4 Å². The van der Waals surface area contributed by atoms with Crippen LogP contribution in [0.2, 0.25) is 0 Å². The van der Waals surface area contributed by atoms with Crippen LogP contribution in [0.1, 0.15) is 42.6 Å². The molecule has 4 bridgehead atoms. The largest absolute Gasteiger partial charge is 0.493 e. The number of nitrogens with one attached hydrogen (secondary N) is 2. The summed E-state index contributed by atoms with van der Waals surface area (Å²) >= 11 is 0. The maximum Gasteiger partial charge on any atom is 0.258 e. The molecule has 36 heavy (non-hydrogen) atoms. The van der Waals surface area contributed by atoms with Gasteiger partial charge in [0.25, 0.3) is 11.8 Å². The maximum absolute atomic E-state index is 13.3. The first-order valence-corrected chi connectivity index (χ1v) is 12.2. The van der Waals surface area contributed by atoms with E-state index in [2.05, 4.69) is 10.6 Å². The molecule has 3 amide bonds. The Morgan fingerprint density at radius 3 is 2.67 bits per heavy atom. The predicted octanol–water partition coefficient (Wildman–Crippen LogP) is 2.53. The lowest BCUT2D eigenvalue weighted by molar-refractivity contribution is -0.134. The summed E-state index contributed by atoms with van der Waals surface area (Å²) in [6.07, 6.45) is 0.732. The summed E-state index contributed by atoms with van der Waals surface area (Å²) < 4.78 is 17.3. The first-order valence-electron chi connectivity index (χ1n) is 12.2. The lowest BCUT2D eigenvalue weighted by Gasteiger charge is -2.39. The minimum absolute atomic E-state index is 0.0720. The Morgan fingerprint density at radius 1 is 1.17 bits per heavy atom. The molecule has 0 unspecified atom stereocenters. The summed E-state index contributed by atoms with van der Waals surface area (Å²) in [6.45, 7) is 5.07. The van der Waals surface area contributed by atoms with Crippen LogP contribution < -0.4 is 24.8 Å². The number of carbonyl (C=O) groups is 3. The SMILES string of the molecule is COc1ccc2cc1OCC(=O)NCc1ccc(cc1)O[C@@H]1CCN(C(=O)CC(C)C)C[C@@H]1NC2=O. The molecule has 0 saturated carbocycles. The Balaban J connectivity index is 1.63. The molecule has 0 aromatic heterocycles. The quantitative estimate of drug-likeness (QED) is 0.678. The molecule has 1 fully saturated rings. The number of benzene rings is 2. The van der Waals surface area contributed by atoms with E-state index in [-0.39, 0.29) is 36.4 Å². The topological polar surface area (TPSA) is 106 Å². The first kappa shape index (κ1) is 25.3. The number of carbonyl (C=O) groups excluding carboxylic acids is 3. The van der Waals surface area contributed by atoms with Crippen molar-refractivity contribution in [2.24, 2.45) is 5.92 Å². The zero-order valence-electron chi connectivity index (χ0n) is 20.9. The predicted molar refractivity (Wildman–Crippen MR) is 133 cm³/mol. The third kappa shape index (κ3) is 6.27. The van der Waals surface area contributed by atoms with Crippen molar-refractivity contribution in [2.45, 2.75) is 45.4 Å². The highest BCUT2D eigenvalue weighted by atomic mass is 16.5. The Kier molecular flexibility index (Phi) is 7.97. The number of likely N-dealkylation sites (tertiary alicyclic amines) is 1. The Morgan fingerprint density at radius 2 is 1.94 bits per heavy atom. The molecule has 2 N–H and O–H groups in total. The van der Waals surface area contributed by atoms with Crippen molar-refractivity contribution >= 4 is 17.7 Å². The van der Waals surface area contributed by atoms with E-state index < -0.39 is 6.04 Å². The van der Waals surface area contributed by atoms with Gasteiger partial charge in [-0.15, -0.1) is 0 Å². The molecule has 2 aromatic carbocycles. The highest BCUT2D eigenvalue weighted by Gasteiger charge is 2.34. The van der Waals surface area contributed by atoms with E-state index in [1.165, 1.54) is 7.11 Å². The molecule has 5 rings (SSSR count). The standard InChI is InChI=1S/C27H33N3O6/c1-17(2)12-26(32)30-11-10-22-21(15-30)29-27(33)19-6-9-23(34-3)24(13-19)35-16-25(31)28-14-18-4-7-20(36-22)8-5-18/h4-9,13,17,21-22H,10-12,14-16H2,1-3H3,(H,28,31)(H,29,33)/t21-,22+/m0/s1. The molecule has 0 spiro atoms. The van der Waals surface area contributed by atoms with E-state index in [0.717, 1.165) is 5.56 Å². The fraction of sp³-hybridized carbons (Fsp3) is 0.444. The summed E-state index contributed by atoms with van der Waals surface area (Å²) in [5.41, 5.74) is 1.27. The zero-order valence-corrected chi connectivity index (χ0v) is 20.9.